The molecule has 0 heterocycles. The molecule has 0 aromatic heterocycles. The molecule has 9 heteroatoms. The molecule has 0 aliphatic rings. The minimum Gasteiger partial charge on any atom is -0.394 e. The quantitative estimate of drug-likeness (QED) is 0.228. The molecule has 0 aliphatic carbocycles. The van der Waals surface area contributed by atoms with Gasteiger partial charge in [-0.05, 0) is 0 Å². The van der Waals surface area contributed by atoms with Crippen LogP contribution in [-0.4, -0.2) is 79.4 Å². The van der Waals surface area contributed by atoms with Crippen LogP contribution in [0.3, 0.4) is 0 Å². The minimum atomic E-state index is -1.62. The van der Waals surface area contributed by atoms with E-state index in [0.29, 0.717) is 0 Å². The van der Waals surface area contributed by atoms with Crippen LogP contribution in [0.2, 0.25) is 0 Å². The van der Waals surface area contributed by atoms with Crippen LogP contribution in [0.15, 0.2) is 0 Å². The average molecular weight is 370 g/mol. The van der Waals surface area contributed by atoms with Gasteiger partial charge in [-0.2, -0.15) is 0 Å². The van der Waals surface area contributed by atoms with E-state index in [1.54, 1.807) is 7.05 Å². The van der Waals surface area contributed by atoms with Gasteiger partial charge in [0.15, 0.2) is 0 Å². The number of hydrogen-bond acceptors (Lipinski definition) is 6. The summed E-state index contributed by atoms with van der Waals surface area (Å²) in [6.07, 6.45) is -6.02. The first-order valence-corrected chi connectivity index (χ1v) is 5.44. The fraction of sp³-hybridized carbons (Fsp3) is 0.875. The van der Waals surface area contributed by atoms with E-state index in [0.717, 1.165) is 0 Å². The summed E-state index contributed by atoms with van der Waals surface area (Å²) in [6.45, 7) is -0.746. The second-order valence-electron chi connectivity index (χ2n) is 3.46. The summed E-state index contributed by atoms with van der Waals surface area (Å²) in [6, 6.07) is 0. The Morgan fingerprint density at radius 3 is 1.94 bits per heavy atom. The monoisotopic (exact) mass is 370 g/mol. The van der Waals surface area contributed by atoms with Gasteiger partial charge < -0.3 is 30.4 Å². The third-order valence-corrected chi connectivity index (χ3v) is 2.77. The van der Waals surface area contributed by atoms with E-state index in [-0.39, 0.29) is 31.0 Å². The van der Waals surface area contributed by atoms with E-state index in [1.165, 1.54) is 4.90 Å². The van der Waals surface area contributed by atoms with Crippen LogP contribution in [0, 0.1) is 0 Å². The van der Waals surface area contributed by atoms with E-state index in [1.807, 2.05) is 0 Å². The molecular formula is C8H17NO5S2Tc. The second-order valence-corrected chi connectivity index (χ2v) is 4.57. The van der Waals surface area contributed by atoms with Gasteiger partial charge in [-0.1, -0.05) is 12.2 Å². The number of aliphatic hydroxyl groups is 5. The molecule has 0 rings (SSSR count). The molecule has 0 saturated carbocycles. The Kier molecular flexibility index (Phi) is 11.3. The van der Waals surface area contributed by atoms with Crippen molar-refractivity contribution >= 4 is 29.2 Å². The molecule has 0 spiro atoms. The fourth-order valence-corrected chi connectivity index (χ4v) is 1.19. The van der Waals surface area contributed by atoms with Gasteiger partial charge in [0.05, 0.1) is 12.7 Å². The number of hydrogen-bond donors (Lipinski definition) is 6. The van der Waals surface area contributed by atoms with Gasteiger partial charge >= 0.3 is 0 Å². The SMILES string of the molecule is CN(CC(O)C(O)C(O)C(O)CO)C(=S)S.[99Tc]. The van der Waals surface area contributed by atoms with Crippen molar-refractivity contribution in [2.45, 2.75) is 24.4 Å². The van der Waals surface area contributed by atoms with E-state index in [9.17, 15) is 15.3 Å². The van der Waals surface area contributed by atoms with Crippen LogP contribution in [0.5, 0.6) is 0 Å². The maximum atomic E-state index is 9.51. The van der Waals surface area contributed by atoms with Crippen LogP contribution in [0.25, 0.3) is 0 Å². The van der Waals surface area contributed by atoms with Crippen molar-refractivity contribution in [3.05, 3.63) is 0 Å². The van der Waals surface area contributed by atoms with Crippen LogP contribution >= 0.6 is 24.8 Å². The number of rotatable bonds is 6. The molecule has 5 N–H and O–H groups in total. The molecule has 1 radical (unpaired) electrons. The maximum Gasteiger partial charge on any atom is 0.133 e. The third kappa shape index (κ3) is 7.00. The average Bonchev–Trinajstić information content (AvgIpc) is 2.25. The zero-order chi connectivity index (χ0) is 12.9. The third-order valence-electron chi connectivity index (χ3n) is 2.11. The molecule has 0 aliphatic heterocycles. The van der Waals surface area contributed by atoms with Gasteiger partial charge in [-0.25, -0.2) is 0 Å². The zero-order valence-electron chi connectivity index (χ0n) is 9.14. The number of aliphatic hydroxyl groups excluding tert-OH is 5. The molecule has 0 amide bonds. The Balaban J connectivity index is 0. The van der Waals surface area contributed by atoms with E-state index >= 15 is 0 Å². The topological polar surface area (TPSA) is 104 Å². The number of thiol groups is 1. The van der Waals surface area contributed by atoms with Gasteiger partial charge in [0.25, 0.3) is 0 Å². The Bertz CT molecular complexity index is 236. The van der Waals surface area contributed by atoms with Crippen molar-refractivity contribution in [1.82, 2.24) is 4.90 Å². The fourth-order valence-electron chi connectivity index (χ4n) is 1.03. The zero-order valence-corrected chi connectivity index (χ0v) is 12.7. The molecule has 0 aromatic rings. The summed E-state index contributed by atoms with van der Waals surface area (Å²) in [5.41, 5.74) is 0. The summed E-state index contributed by atoms with van der Waals surface area (Å²) >= 11 is 8.57. The van der Waals surface area contributed by atoms with Gasteiger partial charge in [-0.15, -0.1) is 12.6 Å². The first-order valence-electron chi connectivity index (χ1n) is 4.58. The smallest absolute Gasteiger partial charge is 0.133 e. The Morgan fingerprint density at radius 1 is 1.18 bits per heavy atom. The molecular weight excluding hydrogens is 353 g/mol. The molecule has 0 bridgehead atoms. The number of likely N-dealkylation sites (N-methyl/N-ethyl adjacent to an activating group) is 1. The standard InChI is InChI=1S/C8H17NO5S2.Tc/c1-9(8(15)16)2-4(11)6(13)7(14)5(12)3-10;/h4-7,10-14H,2-3H2,1H3,(H,15,16);/i;1+1. The molecule has 0 fully saturated rings. The molecule has 103 valence electrons. The predicted molar refractivity (Wildman–Crippen MR) is 65.3 cm³/mol. The molecule has 6 nitrogen and oxygen atoms in total. The van der Waals surface area contributed by atoms with Crippen molar-refractivity contribution in [3.63, 3.8) is 0 Å². The number of thiocarbonyl (C=S) groups is 1. The van der Waals surface area contributed by atoms with E-state index in [4.69, 9.17) is 22.4 Å². The van der Waals surface area contributed by atoms with E-state index in [2.05, 4.69) is 12.6 Å². The Hall–Kier alpha value is 0.689. The van der Waals surface area contributed by atoms with Crippen LogP contribution in [0.1, 0.15) is 0 Å². The first-order chi connectivity index (χ1) is 7.31. The minimum absolute atomic E-state index is 0. The summed E-state index contributed by atoms with van der Waals surface area (Å²) in [5, 5.41) is 45.9. The Labute approximate surface area is 124 Å². The van der Waals surface area contributed by atoms with Crippen molar-refractivity contribution in [3.8, 4) is 0 Å². The van der Waals surface area contributed by atoms with Crippen LogP contribution in [-0.2, 0) is 20.1 Å². The predicted octanol–water partition coefficient (Wildman–Crippen LogP) is -2.43. The molecule has 0 saturated heterocycles. The van der Waals surface area contributed by atoms with Crippen molar-refractivity contribution in [2.24, 2.45) is 0 Å². The molecule has 0 aromatic carbocycles. The van der Waals surface area contributed by atoms with Gasteiger partial charge in [0.2, 0.25) is 0 Å². The normalized spacial score (nSPS) is 17.6. The molecule has 4 unspecified atom stereocenters. The largest absolute Gasteiger partial charge is 0.394 e. The van der Waals surface area contributed by atoms with Crippen LogP contribution in [0.4, 0.5) is 0 Å². The Morgan fingerprint density at radius 2 is 1.59 bits per heavy atom. The molecule has 17 heavy (non-hydrogen) atoms. The second kappa shape index (κ2) is 9.60. The van der Waals surface area contributed by atoms with Gasteiger partial charge in [-0.3, -0.25) is 0 Å². The van der Waals surface area contributed by atoms with Crippen LogP contribution < -0.4 is 0 Å². The van der Waals surface area contributed by atoms with Crippen molar-refractivity contribution in [1.29, 1.82) is 0 Å². The number of nitrogens with zero attached hydrogens (tertiary/aromatic N) is 1. The van der Waals surface area contributed by atoms with Gasteiger partial charge in [0, 0.05) is 33.7 Å². The van der Waals surface area contributed by atoms with E-state index < -0.39 is 31.0 Å². The summed E-state index contributed by atoms with van der Waals surface area (Å²) < 4.78 is 0.225. The summed E-state index contributed by atoms with van der Waals surface area (Å²) in [4.78, 5) is 1.39. The first kappa shape index (κ1) is 20.0. The van der Waals surface area contributed by atoms with Crippen molar-refractivity contribution < 1.29 is 45.6 Å². The summed E-state index contributed by atoms with van der Waals surface area (Å²) in [5.74, 6) is 0. The van der Waals surface area contributed by atoms with Gasteiger partial charge in [0.1, 0.15) is 22.6 Å². The maximum absolute atomic E-state index is 9.51. The summed E-state index contributed by atoms with van der Waals surface area (Å²) in [7, 11) is 1.56. The van der Waals surface area contributed by atoms with Crippen molar-refractivity contribution in [2.75, 3.05) is 20.2 Å². The molecule has 4 atom stereocenters.